The van der Waals surface area contributed by atoms with E-state index in [1.807, 2.05) is 6.07 Å². The summed E-state index contributed by atoms with van der Waals surface area (Å²) in [6.07, 6.45) is 8.76. The van der Waals surface area contributed by atoms with Gasteiger partial charge in [-0.2, -0.15) is 0 Å². The van der Waals surface area contributed by atoms with Gasteiger partial charge in [0, 0.05) is 6.04 Å². The lowest BCUT2D eigenvalue weighted by Crippen LogP contribution is -2.37. The molecule has 2 unspecified atom stereocenters. The predicted octanol–water partition coefficient (Wildman–Crippen LogP) is 4.32. The fourth-order valence-corrected chi connectivity index (χ4v) is 3.19. The number of hydrogen-bond acceptors (Lipinski definition) is 1. The Labute approximate surface area is 116 Å². The number of halogens is 1. The average Bonchev–Trinajstić information content (AvgIpc) is 2.62. The predicted molar refractivity (Wildman–Crippen MR) is 78.8 cm³/mol. The third-order valence-corrected chi connectivity index (χ3v) is 4.20. The first kappa shape index (κ1) is 14.5. The first-order chi connectivity index (χ1) is 9.29. The molecule has 1 aromatic carbocycles. The van der Waals surface area contributed by atoms with Crippen LogP contribution in [0.5, 0.6) is 0 Å². The topological polar surface area (TPSA) is 12.0 Å². The van der Waals surface area contributed by atoms with Crippen LogP contribution in [-0.4, -0.2) is 12.6 Å². The highest BCUT2D eigenvalue weighted by Crippen LogP contribution is 2.27. The molecule has 1 nitrogen and oxygen atoms in total. The van der Waals surface area contributed by atoms with Gasteiger partial charge >= 0.3 is 0 Å². The van der Waals surface area contributed by atoms with Crippen molar-refractivity contribution in [3.05, 3.63) is 35.6 Å². The highest BCUT2D eigenvalue weighted by Gasteiger charge is 2.23. The molecule has 1 saturated carbocycles. The minimum Gasteiger partial charge on any atom is -0.314 e. The quantitative estimate of drug-likeness (QED) is 0.780. The Bertz CT molecular complexity index is 377. The van der Waals surface area contributed by atoms with E-state index in [-0.39, 0.29) is 5.82 Å². The molecule has 1 fully saturated rings. The molecule has 0 bridgehead atoms. The van der Waals surface area contributed by atoms with Gasteiger partial charge in [-0.1, -0.05) is 38.3 Å². The van der Waals surface area contributed by atoms with Crippen molar-refractivity contribution < 1.29 is 4.39 Å². The molecule has 1 N–H and O–H groups in total. The summed E-state index contributed by atoms with van der Waals surface area (Å²) in [5.41, 5.74) is 1.15. The summed E-state index contributed by atoms with van der Waals surface area (Å²) in [6.45, 7) is 3.32. The Morgan fingerprint density at radius 2 is 2.05 bits per heavy atom. The molecule has 106 valence electrons. The van der Waals surface area contributed by atoms with Crippen molar-refractivity contribution in [1.29, 1.82) is 0 Å². The van der Waals surface area contributed by atoms with Crippen LogP contribution in [0.1, 0.15) is 51.0 Å². The molecule has 1 aromatic rings. The Balaban J connectivity index is 2.00. The second-order valence-corrected chi connectivity index (χ2v) is 5.79. The Morgan fingerprint density at radius 3 is 2.84 bits per heavy atom. The van der Waals surface area contributed by atoms with Crippen molar-refractivity contribution in [2.75, 3.05) is 6.54 Å². The summed E-state index contributed by atoms with van der Waals surface area (Å²) in [5.74, 6) is 0.556. The molecule has 2 rings (SSSR count). The van der Waals surface area contributed by atoms with E-state index in [0.29, 0.717) is 12.0 Å². The molecule has 0 saturated heterocycles. The minimum atomic E-state index is -0.107. The van der Waals surface area contributed by atoms with E-state index in [0.717, 1.165) is 18.5 Å². The van der Waals surface area contributed by atoms with E-state index in [9.17, 15) is 4.39 Å². The van der Waals surface area contributed by atoms with Gasteiger partial charge in [0.15, 0.2) is 0 Å². The number of hydrogen-bond donors (Lipinski definition) is 1. The molecule has 1 aliphatic rings. The summed E-state index contributed by atoms with van der Waals surface area (Å²) < 4.78 is 13.3. The molecule has 0 amide bonds. The Morgan fingerprint density at radius 1 is 1.21 bits per heavy atom. The van der Waals surface area contributed by atoms with Gasteiger partial charge in [-0.25, -0.2) is 4.39 Å². The lowest BCUT2D eigenvalue weighted by atomic mass is 9.88. The smallest absolute Gasteiger partial charge is 0.123 e. The number of benzene rings is 1. The normalized spacial score (nSPS) is 24.1. The fourth-order valence-electron chi connectivity index (χ4n) is 3.19. The zero-order chi connectivity index (χ0) is 13.5. The number of rotatable bonds is 5. The van der Waals surface area contributed by atoms with Crippen LogP contribution >= 0.6 is 0 Å². The van der Waals surface area contributed by atoms with Crippen LogP contribution in [0.25, 0.3) is 0 Å². The summed E-state index contributed by atoms with van der Waals surface area (Å²) in [7, 11) is 0. The second kappa shape index (κ2) is 7.64. The summed E-state index contributed by atoms with van der Waals surface area (Å²) in [6, 6.07) is 7.73. The molecular weight excluding hydrogens is 237 g/mol. The van der Waals surface area contributed by atoms with Crippen LogP contribution in [0.2, 0.25) is 0 Å². The van der Waals surface area contributed by atoms with Crippen LogP contribution in [0.3, 0.4) is 0 Å². The molecule has 0 spiro atoms. The van der Waals surface area contributed by atoms with Crippen molar-refractivity contribution in [2.24, 2.45) is 5.92 Å². The highest BCUT2D eigenvalue weighted by atomic mass is 19.1. The monoisotopic (exact) mass is 263 g/mol. The second-order valence-electron chi connectivity index (χ2n) is 5.79. The molecule has 1 aliphatic carbocycles. The van der Waals surface area contributed by atoms with E-state index >= 15 is 0 Å². The van der Waals surface area contributed by atoms with Gasteiger partial charge in [0.05, 0.1) is 0 Å². The summed E-state index contributed by atoms with van der Waals surface area (Å²) in [5, 5.41) is 3.70. The molecule has 0 aromatic heterocycles. The maximum Gasteiger partial charge on any atom is 0.123 e. The minimum absolute atomic E-state index is 0.107. The lowest BCUT2D eigenvalue weighted by Gasteiger charge is -2.26. The molecule has 2 atom stereocenters. The van der Waals surface area contributed by atoms with Gasteiger partial charge < -0.3 is 5.32 Å². The van der Waals surface area contributed by atoms with Crippen molar-refractivity contribution in [3.63, 3.8) is 0 Å². The molecule has 0 radical (unpaired) electrons. The molecule has 0 heterocycles. The van der Waals surface area contributed by atoms with Crippen LogP contribution in [-0.2, 0) is 6.42 Å². The van der Waals surface area contributed by atoms with Gasteiger partial charge in [-0.05, 0) is 55.8 Å². The largest absolute Gasteiger partial charge is 0.314 e. The molecule has 2 heteroatoms. The van der Waals surface area contributed by atoms with E-state index < -0.39 is 0 Å². The van der Waals surface area contributed by atoms with E-state index in [1.54, 1.807) is 6.07 Å². The number of nitrogens with one attached hydrogen (secondary N) is 1. The molecule has 0 aliphatic heterocycles. The Hall–Kier alpha value is -0.890. The van der Waals surface area contributed by atoms with Gasteiger partial charge in [0.2, 0.25) is 0 Å². The van der Waals surface area contributed by atoms with Gasteiger partial charge in [-0.3, -0.25) is 0 Å². The highest BCUT2D eigenvalue weighted by molar-refractivity contribution is 5.17. The van der Waals surface area contributed by atoms with E-state index in [2.05, 4.69) is 18.3 Å². The first-order valence-electron chi connectivity index (χ1n) is 7.77. The molecule has 19 heavy (non-hydrogen) atoms. The van der Waals surface area contributed by atoms with Gasteiger partial charge in [-0.15, -0.1) is 0 Å². The van der Waals surface area contributed by atoms with E-state index in [4.69, 9.17) is 0 Å². The maximum absolute atomic E-state index is 13.3. The van der Waals surface area contributed by atoms with E-state index in [1.165, 1.54) is 44.6 Å². The third-order valence-electron chi connectivity index (χ3n) is 4.20. The van der Waals surface area contributed by atoms with Crippen LogP contribution < -0.4 is 5.32 Å². The Kier molecular flexibility index (Phi) is 5.84. The SMILES string of the molecule is CCCNC1CCCCCC1Cc1cccc(F)c1. The van der Waals surface area contributed by atoms with Gasteiger partial charge in [0.1, 0.15) is 5.82 Å². The fraction of sp³-hybridized carbons (Fsp3) is 0.647. The summed E-state index contributed by atoms with van der Waals surface area (Å²) in [4.78, 5) is 0. The zero-order valence-corrected chi connectivity index (χ0v) is 12.0. The van der Waals surface area contributed by atoms with Crippen LogP contribution in [0.15, 0.2) is 24.3 Å². The van der Waals surface area contributed by atoms with Gasteiger partial charge in [0.25, 0.3) is 0 Å². The maximum atomic E-state index is 13.3. The zero-order valence-electron chi connectivity index (χ0n) is 12.0. The van der Waals surface area contributed by atoms with Crippen LogP contribution in [0.4, 0.5) is 4.39 Å². The van der Waals surface area contributed by atoms with Crippen molar-refractivity contribution >= 4 is 0 Å². The standard InChI is InChI=1S/C17H26FN/c1-2-11-19-17-10-5-3-4-8-15(17)12-14-7-6-9-16(18)13-14/h6-7,9,13,15,17,19H,2-5,8,10-12H2,1H3. The van der Waals surface area contributed by atoms with Crippen molar-refractivity contribution in [3.8, 4) is 0 Å². The lowest BCUT2D eigenvalue weighted by molar-refractivity contribution is 0.332. The average molecular weight is 263 g/mol. The van der Waals surface area contributed by atoms with Crippen molar-refractivity contribution in [1.82, 2.24) is 5.32 Å². The molecular formula is C17H26FN. The van der Waals surface area contributed by atoms with Crippen LogP contribution in [0, 0.1) is 11.7 Å². The first-order valence-corrected chi connectivity index (χ1v) is 7.77. The summed E-state index contributed by atoms with van der Waals surface area (Å²) >= 11 is 0. The van der Waals surface area contributed by atoms with Crippen molar-refractivity contribution in [2.45, 2.75) is 57.9 Å². The third kappa shape index (κ3) is 4.61.